The SMILES string of the molecule is CCNC(=NCc1ccc(N2CCOC(C)C2)nc1)N1CCN(c2cnn(C)c2)C(=O)C1. The van der Waals surface area contributed by atoms with E-state index in [0.29, 0.717) is 19.6 Å². The fraction of sp³-hybridized carbons (Fsp3) is 0.545. The van der Waals surface area contributed by atoms with Crippen LogP contribution in [0.1, 0.15) is 19.4 Å². The molecule has 10 heteroatoms. The van der Waals surface area contributed by atoms with E-state index in [1.165, 1.54) is 0 Å². The van der Waals surface area contributed by atoms with Gasteiger partial charge in [-0.1, -0.05) is 6.07 Å². The summed E-state index contributed by atoms with van der Waals surface area (Å²) >= 11 is 0. The molecule has 2 aromatic rings. The van der Waals surface area contributed by atoms with Gasteiger partial charge in [0.05, 0.1) is 31.1 Å². The quantitative estimate of drug-likeness (QED) is 0.545. The van der Waals surface area contributed by atoms with Crippen LogP contribution in [0.3, 0.4) is 0 Å². The molecule has 0 aliphatic carbocycles. The molecule has 2 aromatic heterocycles. The predicted octanol–water partition coefficient (Wildman–Crippen LogP) is 0.855. The number of aliphatic imine (C=N–C) groups is 1. The molecule has 0 bridgehead atoms. The number of hydrogen-bond acceptors (Lipinski definition) is 6. The van der Waals surface area contributed by atoms with Crippen molar-refractivity contribution in [1.29, 1.82) is 0 Å². The maximum Gasteiger partial charge on any atom is 0.246 e. The van der Waals surface area contributed by atoms with Crippen LogP contribution in [0, 0.1) is 0 Å². The number of amides is 1. The van der Waals surface area contributed by atoms with Crippen LogP contribution >= 0.6 is 0 Å². The van der Waals surface area contributed by atoms with Gasteiger partial charge in [-0.25, -0.2) is 9.98 Å². The number of hydrogen-bond donors (Lipinski definition) is 1. The van der Waals surface area contributed by atoms with E-state index < -0.39 is 0 Å². The third-order valence-electron chi connectivity index (χ3n) is 5.64. The second-order valence-corrected chi connectivity index (χ2v) is 8.16. The van der Waals surface area contributed by atoms with Gasteiger partial charge in [0.1, 0.15) is 12.4 Å². The zero-order valence-electron chi connectivity index (χ0n) is 19.1. The Morgan fingerprint density at radius 2 is 2.16 bits per heavy atom. The molecule has 2 saturated heterocycles. The number of aromatic nitrogens is 3. The summed E-state index contributed by atoms with van der Waals surface area (Å²) in [7, 11) is 1.85. The van der Waals surface area contributed by atoms with Crippen LogP contribution in [-0.4, -0.2) is 83.5 Å². The Balaban J connectivity index is 1.38. The number of anilines is 2. The number of ether oxygens (including phenoxy) is 1. The first-order valence-corrected chi connectivity index (χ1v) is 11.2. The van der Waals surface area contributed by atoms with E-state index in [0.717, 1.165) is 49.3 Å². The Morgan fingerprint density at radius 1 is 1.28 bits per heavy atom. The summed E-state index contributed by atoms with van der Waals surface area (Å²) in [5.41, 5.74) is 1.87. The van der Waals surface area contributed by atoms with Gasteiger partial charge < -0.3 is 24.8 Å². The van der Waals surface area contributed by atoms with E-state index in [2.05, 4.69) is 33.3 Å². The number of piperazine rings is 1. The van der Waals surface area contributed by atoms with Crippen molar-refractivity contribution in [2.24, 2.45) is 12.0 Å². The van der Waals surface area contributed by atoms with Gasteiger partial charge in [-0.2, -0.15) is 5.10 Å². The molecule has 172 valence electrons. The van der Waals surface area contributed by atoms with Gasteiger partial charge in [0.2, 0.25) is 5.91 Å². The topological polar surface area (TPSA) is 91.1 Å². The number of nitrogens with zero attached hydrogens (tertiary/aromatic N) is 7. The average molecular weight is 441 g/mol. The third kappa shape index (κ3) is 5.18. The lowest BCUT2D eigenvalue weighted by atomic mass is 10.2. The Morgan fingerprint density at radius 3 is 2.81 bits per heavy atom. The van der Waals surface area contributed by atoms with E-state index >= 15 is 0 Å². The van der Waals surface area contributed by atoms with Crippen LogP contribution in [0.2, 0.25) is 0 Å². The molecule has 1 unspecified atom stereocenters. The number of aryl methyl sites for hydroxylation is 1. The summed E-state index contributed by atoms with van der Waals surface area (Å²) in [6.07, 6.45) is 5.69. The van der Waals surface area contributed by atoms with Gasteiger partial charge in [0, 0.05) is 52.2 Å². The van der Waals surface area contributed by atoms with Crippen molar-refractivity contribution in [3.05, 3.63) is 36.3 Å². The smallest absolute Gasteiger partial charge is 0.246 e. The molecular formula is C22H32N8O2. The minimum absolute atomic E-state index is 0.0422. The fourth-order valence-electron chi connectivity index (χ4n) is 3.99. The molecule has 1 N–H and O–H groups in total. The Labute approximate surface area is 188 Å². The summed E-state index contributed by atoms with van der Waals surface area (Å²) in [6, 6.07) is 4.12. The number of morpholine rings is 1. The van der Waals surface area contributed by atoms with E-state index in [9.17, 15) is 4.79 Å². The maximum absolute atomic E-state index is 12.7. The Kier molecular flexibility index (Phi) is 6.89. The molecule has 4 heterocycles. The van der Waals surface area contributed by atoms with Crippen molar-refractivity contribution in [2.45, 2.75) is 26.5 Å². The van der Waals surface area contributed by atoms with Gasteiger partial charge in [-0.3, -0.25) is 9.48 Å². The Hall–Kier alpha value is -3.14. The molecule has 4 rings (SSSR count). The maximum atomic E-state index is 12.7. The summed E-state index contributed by atoms with van der Waals surface area (Å²) in [6.45, 7) is 9.39. The lowest BCUT2D eigenvalue weighted by molar-refractivity contribution is -0.120. The standard InChI is InChI=1S/C22H32N8O2/c1-4-23-22(29-7-8-30(21(31)16-29)19-13-26-27(3)15-19)25-12-18-5-6-20(24-11-18)28-9-10-32-17(2)14-28/h5-6,11,13,15,17H,4,7-10,12,14,16H2,1-3H3,(H,23,25). The van der Waals surface area contributed by atoms with E-state index in [1.807, 2.05) is 37.3 Å². The molecule has 32 heavy (non-hydrogen) atoms. The molecule has 2 fully saturated rings. The van der Waals surface area contributed by atoms with Crippen molar-refractivity contribution >= 4 is 23.4 Å². The first-order valence-electron chi connectivity index (χ1n) is 11.2. The first kappa shape index (κ1) is 22.1. The van der Waals surface area contributed by atoms with Crippen molar-refractivity contribution in [1.82, 2.24) is 25.0 Å². The number of nitrogens with one attached hydrogen (secondary N) is 1. The molecule has 2 aliphatic rings. The fourth-order valence-corrected chi connectivity index (χ4v) is 3.99. The van der Waals surface area contributed by atoms with Crippen molar-refractivity contribution in [2.75, 3.05) is 55.7 Å². The van der Waals surface area contributed by atoms with Crippen molar-refractivity contribution < 1.29 is 9.53 Å². The lowest BCUT2D eigenvalue weighted by Gasteiger charge is -2.35. The van der Waals surface area contributed by atoms with Gasteiger partial charge >= 0.3 is 0 Å². The zero-order valence-corrected chi connectivity index (χ0v) is 19.1. The molecule has 0 radical (unpaired) electrons. The van der Waals surface area contributed by atoms with Crippen LogP contribution in [0.25, 0.3) is 0 Å². The van der Waals surface area contributed by atoms with E-state index in [1.54, 1.807) is 15.8 Å². The third-order valence-corrected chi connectivity index (χ3v) is 5.64. The highest BCUT2D eigenvalue weighted by Crippen LogP contribution is 2.17. The van der Waals surface area contributed by atoms with Crippen LogP contribution < -0.4 is 15.1 Å². The minimum atomic E-state index is 0.0422. The van der Waals surface area contributed by atoms with E-state index in [4.69, 9.17) is 9.73 Å². The highest BCUT2D eigenvalue weighted by Gasteiger charge is 2.27. The minimum Gasteiger partial charge on any atom is -0.375 e. The average Bonchev–Trinajstić information content (AvgIpc) is 3.23. The molecule has 10 nitrogen and oxygen atoms in total. The van der Waals surface area contributed by atoms with Gasteiger partial charge in [-0.05, 0) is 25.5 Å². The molecule has 0 saturated carbocycles. The largest absolute Gasteiger partial charge is 0.375 e. The normalized spacial score (nSPS) is 20.1. The molecule has 2 aliphatic heterocycles. The highest BCUT2D eigenvalue weighted by atomic mass is 16.5. The van der Waals surface area contributed by atoms with Gasteiger partial charge in [0.15, 0.2) is 5.96 Å². The molecule has 0 spiro atoms. The zero-order chi connectivity index (χ0) is 22.5. The van der Waals surface area contributed by atoms with Gasteiger partial charge in [-0.15, -0.1) is 0 Å². The summed E-state index contributed by atoms with van der Waals surface area (Å²) < 4.78 is 7.32. The van der Waals surface area contributed by atoms with Crippen LogP contribution in [-0.2, 0) is 23.1 Å². The number of pyridine rings is 1. The second kappa shape index (κ2) is 9.99. The number of guanidine groups is 1. The highest BCUT2D eigenvalue weighted by molar-refractivity contribution is 5.98. The van der Waals surface area contributed by atoms with Gasteiger partial charge in [0.25, 0.3) is 0 Å². The number of rotatable bonds is 5. The first-order chi connectivity index (χ1) is 15.5. The molecular weight excluding hydrogens is 408 g/mol. The summed E-state index contributed by atoms with van der Waals surface area (Å²) in [5.74, 6) is 1.76. The van der Waals surface area contributed by atoms with Crippen LogP contribution in [0.15, 0.2) is 35.7 Å². The molecule has 1 atom stereocenters. The van der Waals surface area contributed by atoms with Crippen molar-refractivity contribution in [3.63, 3.8) is 0 Å². The second-order valence-electron chi connectivity index (χ2n) is 8.16. The van der Waals surface area contributed by atoms with E-state index in [-0.39, 0.29) is 18.6 Å². The number of carbonyl (C=O) groups is 1. The summed E-state index contributed by atoms with van der Waals surface area (Å²) in [4.78, 5) is 28.2. The van der Waals surface area contributed by atoms with Crippen LogP contribution in [0.4, 0.5) is 11.5 Å². The molecule has 0 aromatic carbocycles. The summed E-state index contributed by atoms with van der Waals surface area (Å²) in [5, 5.41) is 7.49. The number of carbonyl (C=O) groups excluding carboxylic acids is 1. The monoisotopic (exact) mass is 440 g/mol. The molecule has 1 amide bonds. The predicted molar refractivity (Wildman–Crippen MR) is 124 cm³/mol. The van der Waals surface area contributed by atoms with Crippen molar-refractivity contribution in [3.8, 4) is 0 Å². The Bertz CT molecular complexity index is 942. The van der Waals surface area contributed by atoms with Crippen LogP contribution in [0.5, 0.6) is 0 Å². The lowest BCUT2D eigenvalue weighted by Crippen LogP contribution is -2.55.